The highest BCUT2D eigenvalue weighted by molar-refractivity contribution is 7.17. The van der Waals surface area contributed by atoms with E-state index in [1.165, 1.54) is 27.9 Å². The molecule has 0 fully saturated rings. The highest BCUT2D eigenvalue weighted by Gasteiger charge is 2.25. The number of aryl methyl sites for hydroxylation is 1. The van der Waals surface area contributed by atoms with Crippen molar-refractivity contribution in [3.63, 3.8) is 0 Å². The van der Waals surface area contributed by atoms with Crippen molar-refractivity contribution in [1.29, 1.82) is 0 Å². The predicted molar refractivity (Wildman–Crippen MR) is 133 cm³/mol. The third-order valence-corrected chi connectivity index (χ3v) is 6.93. The standard InChI is InChI=1S/C26H25ClN2O2S/c27-20-13-10-19(11-14-20)12-15-23(30)29-26-24(21-8-4-5-9-22(21)32-26)25(31)28-17-16-18-6-2-1-3-7-18/h1-3,6-7,10-15H,4-5,8-9,16-17H2,(H,28,31)(H,29,30)/b15-12+. The lowest BCUT2D eigenvalue weighted by Crippen LogP contribution is -2.27. The van der Waals surface area contributed by atoms with Gasteiger partial charge in [0.1, 0.15) is 5.00 Å². The second-order valence-electron chi connectivity index (χ2n) is 7.78. The largest absolute Gasteiger partial charge is 0.352 e. The van der Waals surface area contributed by atoms with Crippen LogP contribution in [0.4, 0.5) is 5.00 Å². The van der Waals surface area contributed by atoms with Crippen molar-refractivity contribution < 1.29 is 9.59 Å². The summed E-state index contributed by atoms with van der Waals surface area (Å²) in [4.78, 5) is 26.9. The minimum atomic E-state index is -0.253. The molecule has 0 saturated carbocycles. The van der Waals surface area contributed by atoms with Crippen LogP contribution in [-0.2, 0) is 24.1 Å². The first-order valence-electron chi connectivity index (χ1n) is 10.8. The van der Waals surface area contributed by atoms with Crippen molar-refractivity contribution in [3.8, 4) is 0 Å². The summed E-state index contributed by atoms with van der Waals surface area (Å²) in [5.41, 5.74) is 3.79. The summed E-state index contributed by atoms with van der Waals surface area (Å²) in [5.74, 6) is -0.366. The topological polar surface area (TPSA) is 58.2 Å². The second-order valence-corrected chi connectivity index (χ2v) is 9.32. The molecule has 0 spiro atoms. The number of amides is 2. The Balaban J connectivity index is 1.46. The van der Waals surface area contributed by atoms with Gasteiger partial charge in [0.15, 0.2) is 0 Å². The Bertz CT molecular complexity index is 1120. The van der Waals surface area contributed by atoms with Crippen LogP contribution in [0.15, 0.2) is 60.7 Å². The van der Waals surface area contributed by atoms with Gasteiger partial charge in [-0.05, 0) is 67.0 Å². The molecule has 0 aliphatic heterocycles. The van der Waals surface area contributed by atoms with Crippen LogP contribution in [0.2, 0.25) is 5.02 Å². The maximum absolute atomic E-state index is 13.1. The number of halogens is 1. The number of anilines is 1. The van der Waals surface area contributed by atoms with Crippen LogP contribution in [0.25, 0.3) is 6.08 Å². The van der Waals surface area contributed by atoms with Crippen molar-refractivity contribution in [2.45, 2.75) is 32.1 Å². The maximum atomic E-state index is 13.1. The molecule has 1 aromatic heterocycles. The van der Waals surface area contributed by atoms with Crippen molar-refractivity contribution in [2.24, 2.45) is 0 Å². The number of benzene rings is 2. The number of fused-ring (bicyclic) bond motifs is 1. The van der Waals surface area contributed by atoms with Crippen LogP contribution in [0.3, 0.4) is 0 Å². The molecule has 2 N–H and O–H groups in total. The van der Waals surface area contributed by atoms with Gasteiger partial charge in [0.25, 0.3) is 5.91 Å². The van der Waals surface area contributed by atoms with Gasteiger partial charge in [-0.25, -0.2) is 0 Å². The highest BCUT2D eigenvalue weighted by atomic mass is 35.5. The number of nitrogens with one attached hydrogen (secondary N) is 2. The van der Waals surface area contributed by atoms with Gasteiger partial charge in [0, 0.05) is 22.5 Å². The number of rotatable bonds is 7. The number of carbonyl (C=O) groups excluding carboxylic acids is 2. The first-order valence-corrected chi connectivity index (χ1v) is 12.0. The SMILES string of the molecule is O=C(/C=C/c1ccc(Cl)cc1)Nc1sc2c(c1C(=O)NCCc1ccccc1)CCCC2. The van der Waals surface area contributed by atoms with Crippen LogP contribution < -0.4 is 10.6 Å². The first kappa shape index (κ1) is 22.3. The van der Waals surface area contributed by atoms with E-state index >= 15 is 0 Å². The van der Waals surface area contributed by atoms with Crippen LogP contribution in [0.1, 0.15) is 44.8 Å². The van der Waals surface area contributed by atoms with Gasteiger partial charge in [-0.2, -0.15) is 0 Å². The molecule has 3 aromatic rings. The fraction of sp³-hybridized carbons (Fsp3) is 0.231. The van der Waals surface area contributed by atoms with Crippen LogP contribution in [0, 0.1) is 0 Å². The van der Waals surface area contributed by atoms with E-state index in [9.17, 15) is 9.59 Å². The predicted octanol–water partition coefficient (Wildman–Crippen LogP) is 5.90. The summed E-state index contributed by atoms with van der Waals surface area (Å²) >= 11 is 7.44. The van der Waals surface area contributed by atoms with Gasteiger partial charge >= 0.3 is 0 Å². The Morgan fingerprint density at radius 1 is 1.00 bits per heavy atom. The van der Waals surface area contributed by atoms with Gasteiger partial charge in [-0.1, -0.05) is 54.1 Å². The van der Waals surface area contributed by atoms with E-state index in [4.69, 9.17) is 11.6 Å². The lowest BCUT2D eigenvalue weighted by molar-refractivity contribution is -0.111. The molecule has 0 radical (unpaired) electrons. The van der Waals surface area contributed by atoms with Gasteiger partial charge in [0.2, 0.25) is 5.91 Å². The maximum Gasteiger partial charge on any atom is 0.254 e. The number of carbonyl (C=O) groups is 2. The van der Waals surface area contributed by atoms with E-state index in [2.05, 4.69) is 22.8 Å². The third kappa shape index (κ3) is 5.67. The Hall–Kier alpha value is -2.89. The summed E-state index contributed by atoms with van der Waals surface area (Å²) in [7, 11) is 0. The van der Waals surface area contributed by atoms with E-state index in [0.29, 0.717) is 22.1 Å². The molecule has 2 aromatic carbocycles. The molecule has 4 rings (SSSR count). The molecular weight excluding hydrogens is 440 g/mol. The number of hydrogen-bond donors (Lipinski definition) is 2. The normalized spacial score (nSPS) is 13.0. The van der Waals surface area contributed by atoms with Crippen LogP contribution in [-0.4, -0.2) is 18.4 Å². The number of thiophene rings is 1. The molecule has 0 unspecified atom stereocenters. The lowest BCUT2D eigenvalue weighted by Gasteiger charge is -2.13. The van der Waals surface area contributed by atoms with Gasteiger partial charge < -0.3 is 10.6 Å². The molecule has 32 heavy (non-hydrogen) atoms. The van der Waals surface area contributed by atoms with Crippen LogP contribution >= 0.6 is 22.9 Å². The van der Waals surface area contributed by atoms with Gasteiger partial charge in [-0.3, -0.25) is 9.59 Å². The average Bonchev–Trinajstić information content (AvgIpc) is 3.17. The Morgan fingerprint density at radius 2 is 1.75 bits per heavy atom. The first-order chi connectivity index (χ1) is 15.6. The fourth-order valence-electron chi connectivity index (χ4n) is 3.85. The zero-order valence-electron chi connectivity index (χ0n) is 17.7. The summed E-state index contributed by atoms with van der Waals surface area (Å²) < 4.78 is 0. The van der Waals surface area contributed by atoms with Crippen molar-refractivity contribution >= 4 is 45.8 Å². The van der Waals surface area contributed by atoms with E-state index in [1.54, 1.807) is 18.2 Å². The van der Waals surface area contributed by atoms with Crippen LogP contribution in [0.5, 0.6) is 0 Å². The monoisotopic (exact) mass is 464 g/mol. The summed E-state index contributed by atoms with van der Waals surface area (Å²) in [6.45, 7) is 0.553. The Labute approximate surface area is 197 Å². The molecule has 1 heterocycles. The highest BCUT2D eigenvalue weighted by Crippen LogP contribution is 2.38. The molecule has 164 valence electrons. The van der Waals surface area contributed by atoms with Crippen molar-refractivity contribution in [1.82, 2.24) is 5.32 Å². The van der Waals surface area contributed by atoms with E-state index < -0.39 is 0 Å². The second kappa shape index (κ2) is 10.6. The van der Waals surface area contributed by atoms with Crippen molar-refractivity contribution in [3.05, 3.63) is 92.8 Å². The van der Waals surface area contributed by atoms with E-state index in [1.807, 2.05) is 30.3 Å². The van der Waals surface area contributed by atoms with Gasteiger partial charge in [0.05, 0.1) is 5.56 Å². The lowest BCUT2D eigenvalue weighted by atomic mass is 9.95. The molecule has 0 atom stereocenters. The number of hydrogen-bond acceptors (Lipinski definition) is 3. The zero-order valence-corrected chi connectivity index (χ0v) is 19.3. The minimum absolute atomic E-state index is 0.114. The quantitative estimate of drug-likeness (QED) is 0.427. The summed E-state index contributed by atoms with van der Waals surface area (Å²) in [5, 5.41) is 7.28. The summed E-state index contributed by atoms with van der Waals surface area (Å²) in [6, 6.07) is 17.3. The molecule has 6 heteroatoms. The van der Waals surface area contributed by atoms with E-state index in [0.717, 1.165) is 43.2 Å². The molecule has 0 saturated heterocycles. The summed E-state index contributed by atoms with van der Waals surface area (Å²) in [6.07, 6.45) is 8.01. The smallest absolute Gasteiger partial charge is 0.254 e. The van der Waals surface area contributed by atoms with E-state index in [-0.39, 0.29) is 11.8 Å². The fourth-order valence-corrected chi connectivity index (χ4v) is 5.26. The van der Waals surface area contributed by atoms with Gasteiger partial charge in [-0.15, -0.1) is 11.3 Å². The third-order valence-electron chi connectivity index (χ3n) is 5.47. The minimum Gasteiger partial charge on any atom is -0.352 e. The molecular formula is C26H25ClN2O2S. The van der Waals surface area contributed by atoms with Crippen molar-refractivity contribution in [2.75, 3.05) is 11.9 Å². The molecule has 1 aliphatic carbocycles. The molecule has 4 nitrogen and oxygen atoms in total. The Morgan fingerprint density at radius 3 is 2.53 bits per heavy atom. The molecule has 0 bridgehead atoms. The molecule has 2 amide bonds. The Kier molecular flexibility index (Phi) is 7.40. The average molecular weight is 465 g/mol. The zero-order chi connectivity index (χ0) is 22.3. The molecule has 1 aliphatic rings.